The zero-order valence-electron chi connectivity index (χ0n) is 14.0. The van der Waals surface area contributed by atoms with Crippen LogP contribution in [-0.2, 0) is 4.57 Å². The van der Waals surface area contributed by atoms with Crippen LogP contribution in [0.15, 0.2) is 0 Å². The Balaban J connectivity index is -0.000000598. The molecular formula is C8H9F18N2O3P. The van der Waals surface area contributed by atoms with Gasteiger partial charge in [-0.25, -0.2) is 0 Å². The smallest absolute Gasteiger partial charge is 0.344 e. The molecule has 0 unspecified atom stereocenters. The molecule has 0 aromatic heterocycles. The van der Waals surface area contributed by atoms with Crippen LogP contribution < -0.4 is 12.3 Å². The molecule has 8 N–H and O–H groups in total. The fourth-order valence-electron chi connectivity index (χ4n) is 1.14. The quantitative estimate of drug-likeness (QED) is 0.260. The van der Waals surface area contributed by atoms with Gasteiger partial charge in [-0.2, -0.15) is 79.0 Å². The molecule has 0 atom stereocenters. The summed E-state index contributed by atoms with van der Waals surface area (Å²) in [5, 5.41) is 0. The fraction of sp³-hybridized carbons (Fsp3) is 1.00. The molecular weight excluding hydrogens is 545 g/mol. The molecule has 0 saturated carbocycles. The minimum Gasteiger partial charge on any atom is -0.344 e. The predicted molar refractivity (Wildman–Crippen MR) is 65.3 cm³/mol. The van der Waals surface area contributed by atoms with Crippen molar-refractivity contribution in [1.82, 2.24) is 12.3 Å². The Labute approximate surface area is 163 Å². The second-order valence-electron chi connectivity index (χ2n) is 4.72. The summed E-state index contributed by atoms with van der Waals surface area (Å²) in [6.07, 6.45) is -15.6. The molecule has 24 heteroatoms. The van der Waals surface area contributed by atoms with Crippen LogP contribution >= 0.6 is 8.25 Å². The lowest BCUT2D eigenvalue weighted by Crippen LogP contribution is -2.74. The third kappa shape index (κ3) is 5.83. The molecule has 0 heterocycles. The lowest BCUT2D eigenvalue weighted by Gasteiger charge is -2.41. The first-order valence-electron chi connectivity index (χ1n) is 5.80. The van der Waals surface area contributed by atoms with E-state index in [0.29, 0.717) is 0 Å². The summed E-state index contributed by atoms with van der Waals surface area (Å²) in [7, 11) is -3.13. The van der Waals surface area contributed by atoms with Crippen LogP contribution in [0.5, 0.6) is 0 Å². The van der Waals surface area contributed by atoms with Gasteiger partial charge in [-0.1, -0.05) is 0 Å². The van der Waals surface area contributed by atoms with Crippen molar-refractivity contribution in [3.63, 3.8) is 0 Å². The molecule has 0 saturated heterocycles. The molecule has 0 aromatic carbocycles. The van der Waals surface area contributed by atoms with Crippen molar-refractivity contribution in [1.29, 1.82) is 0 Å². The summed E-state index contributed by atoms with van der Waals surface area (Å²) in [4.78, 5) is 14.3. The molecule has 0 amide bonds. The molecule has 0 aliphatic rings. The third-order valence-electron chi connectivity index (χ3n) is 2.68. The first kappa shape index (κ1) is 38.1. The maximum Gasteiger partial charge on any atom is 0.460 e. The lowest BCUT2D eigenvalue weighted by molar-refractivity contribution is -0.468. The van der Waals surface area contributed by atoms with Crippen LogP contribution in [0.25, 0.3) is 0 Å². The SMILES string of the molecule is FC(F)(F)C(F)(F)C(F)(F)C(F)(F)C(F)(F)C(F)(F)C(F)(F)C(F)(F)F.N.N.O=[PH](O)O. The van der Waals surface area contributed by atoms with Crippen molar-refractivity contribution in [3.05, 3.63) is 0 Å². The van der Waals surface area contributed by atoms with Crippen molar-refractivity contribution in [3.8, 4) is 0 Å². The van der Waals surface area contributed by atoms with E-state index in [0.717, 1.165) is 0 Å². The van der Waals surface area contributed by atoms with Crippen LogP contribution in [0.3, 0.4) is 0 Å². The van der Waals surface area contributed by atoms with E-state index < -0.39 is 56.1 Å². The molecule has 0 rings (SSSR count). The number of halogens is 18. The van der Waals surface area contributed by atoms with Crippen LogP contribution in [-0.4, -0.2) is 57.7 Å². The van der Waals surface area contributed by atoms with E-state index in [4.69, 9.17) is 14.4 Å². The lowest BCUT2D eigenvalue weighted by atomic mass is 9.91. The Morgan fingerprint density at radius 3 is 0.562 bits per heavy atom. The van der Waals surface area contributed by atoms with Gasteiger partial charge in [0.2, 0.25) is 0 Å². The summed E-state index contributed by atoms with van der Waals surface area (Å²) >= 11 is 0. The summed E-state index contributed by atoms with van der Waals surface area (Å²) in [5.41, 5.74) is 0. The van der Waals surface area contributed by atoms with Gasteiger partial charge in [0.25, 0.3) is 0 Å². The van der Waals surface area contributed by atoms with Gasteiger partial charge in [0, 0.05) is 0 Å². The third-order valence-corrected chi connectivity index (χ3v) is 2.68. The highest BCUT2D eigenvalue weighted by Crippen LogP contribution is 2.63. The van der Waals surface area contributed by atoms with Gasteiger partial charge in [0.15, 0.2) is 0 Å². The molecule has 32 heavy (non-hydrogen) atoms. The minimum absolute atomic E-state index is 0. The Bertz CT molecular complexity index is 577. The first-order chi connectivity index (χ1) is 12.5. The van der Waals surface area contributed by atoms with Gasteiger partial charge < -0.3 is 22.1 Å². The summed E-state index contributed by atoms with van der Waals surface area (Å²) < 4.78 is 229. The largest absolute Gasteiger partial charge is 0.460 e. The molecule has 0 aliphatic carbocycles. The molecule has 0 fully saturated rings. The molecule has 0 aromatic rings. The molecule has 0 spiro atoms. The Morgan fingerprint density at radius 2 is 0.469 bits per heavy atom. The summed E-state index contributed by atoms with van der Waals surface area (Å²) in [6.45, 7) is 0. The number of hydrogen-bond donors (Lipinski definition) is 4. The van der Waals surface area contributed by atoms with Gasteiger partial charge in [0.05, 0.1) is 0 Å². The van der Waals surface area contributed by atoms with Crippen LogP contribution in [0.1, 0.15) is 0 Å². The molecule has 0 radical (unpaired) electrons. The van der Waals surface area contributed by atoms with Crippen LogP contribution in [0.4, 0.5) is 79.0 Å². The van der Waals surface area contributed by atoms with E-state index in [-0.39, 0.29) is 12.3 Å². The average Bonchev–Trinajstić information content (AvgIpc) is 2.42. The van der Waals surface area contributed by atoms with E-state index in [2.05, 4.69) is 0 Å². The van der Waals surface area contributed by atoms with E-state index in [1.807, 2.05) is 0 Å². The fourth-order valence-corrected chi connectivity index (χ4v) is 1.14. The minimum atomic E-state index is -8.72. The van der Waals surface area contributed by atoms with Crippen molar-refractivity contribution in [2.24, 2.45) is 0 Å². The van der Waals surface area contributed by atoms with Gasteiger partial charge in [0.1, 0.15) is 0 Å². The maximum absolute atomic E-state index is 12.8. The van der Waals surface area contributed by atoms with Crippen molar-refractivity contribution >= 4 is 8.25 Å². The topological polar surface area (TPSA) is 128 Å². The standard InChI is InChI=1S/C8F18.2H3N.H3O3P/c9-1(10,3(13,14)5(17,18)7(21,22)23)2(11,12)4(15,16)6(19,20)8(24,25)26;;;1-4(2)3/h;2*1H3;4H,(H2,1,2,3). The van der Waals surface area contributed by atoms with Gasteiger partial charge >= 0.3 is 56.1 Å². The molecule has 5 nitrogen and oxygen atoms in total. The van der Waals surface area contributed by atoms with Gasteiger partial charge in [-0.15, -0.1) is 0 Å². The van der Waals surface area contributed by atoms with Crippen molar-refractivity contribution in [2.45, 2.75) is 47.9 Å². The Kier molecular flexibility index (Phi) is 11.9. The number of hydrogen-bond acceptors (Lipinski definition) is 3. The molecule has 200 valence electrons. The second kappa shape index (κ2) is 9.97. The van der Waals surface area contributed by atoms with Gasteiger partial charge in [-0.05, 0) is 0 Å². The summed E-state index contributed by atoms with van der Waals surface area (Å²) in [6, 6.07) is 0. The van der Waals surface area contributed by atoms with Crippen molar-refractivity contribution < 1.29 is 93.4 Å². The maximum atomic E-state index is 12.8. The van der Waals surface area contributed by atoms with E-state index in [9.17, 15) is 79.0 Å². The Hall–Kier alpha value is -1.19. The predicted octanol–water partition coefficient (Wildman–Crippen LogP) is 5.61. The monoisotopic (exact) mass is 554 g/mol. The second-order valence-corrected chi connectivity index (χ2v) is 5.29. The first-order valence-corrected chi connectivity index (χ1v) is 7.11. The highest BCUT2D eigenvalue weighted by Gasteiger charge is 2.95. The number of alkyl halides is 18. The van der Waals surface area contributed by atoms with E-state index in [1.165, 1.54) is 0 Å². The molecule has 0 aliphatic heterocycles. The van der Waals surface area contributed by atoms with Crippen LogP contribution in [0.2, 0.25) is 0 Å². The zero-order valence-corrected chi connectivity index (χ0v) is 15.0. The highest BCUT2D eigenvalue weighted by atomic mass is 31.1. The average molecular weight is 554 g/mol. The van der Waals surface area contributed by atoms with Gasteiger partial charge in [-0.3, -0.25) is 4.57 Å². The highest BCUT2D eigenvalue weighted by molar-refractivity contribution is 7.30. The van der Waals surface area contributed by atoms with Crippen molar-refractivity contribution in [2.75, 3.05) is 0 Å². The number of rotatable bonds is 5. The van der Waals surface area contributed by atoms with Crippen LogP contribution in [0, 0.1) is 0 Å². The van der Waals surface area contributed by atoms with E-state index >= 15 is 0 Å². The Morgan fingerprint density at radius 1 is 0.375 bits per heavy atom. The zero-order chi connectivity index (χ0) is 25.6. The molecule has 0 bridgehead atoms. The summed E-state index contributed by atoms with van der Waals surface area (Å²) in [5.74, 6) is -51.0. The normalized spacial score (nSPS) is 14.8. The van der Waals surface area contributed by atoms with E-state index in [1.54, 1.807) is 0 Å².